The Kier molecular flexibility index (Phi) is 3.48. The minimum atomic E-state index is -1.84. The standard InChI is InChI=1S/C8H14N2O6/c1-3-7(15-13)5(11)10-8(4-2,16-14)6(12)9-7/h13-14H,3-4H2,1-2H3,(H,9,12)(H,10,11). The molecule has 0 saturated carbocycles. The molecule has 1 saturated heterocycles. The number of piperazine rings is 1. The van der Waals surface area contributed by atoms with Crippen LogP contribution >= 0.6 is 0 Å². The van der Waals surface area contributed by atoms with E-state index in [0.29, 0.717) is 0 Å². The predicted octanol–water partition coefficient (Wildman–Crippen LogP) is -0.576. The molecule has 2 amide bonds. The maximum atomic E-state index is 11.7. The van der Waals surface area contributed by atoms with E-state index in [2.05, 4.69) is 20.4 Å². The number of carbonyl (C=O) groups excluding carboxylic acids is 2. The maximum Gasteiger partial charge on any atom is 0.279 e. The summed E-state index contributed by atoms with van der Waals surface area (Å²) in [4.78, 5) is 31.3. The monoisotopic (exact) mass is 234 g/mol. The Morgan fingerprint density at radius 2 is 1.31 bits per heavy atom. The Balaban J connectivity index is 3.02. The first-order valence-corrected chi connectivity index (χ1v) is 4.80. The highest BCUT2D eigenvalue weighted by Gasteiger charge is 2.55. The number of hydrogen-bond donors (Lipinski definition) is 4. The van der Waals surface area contributed by atoms with Gasteiger partial charge in [0.05, 0.1) is 0 Å². The van der Waals surface area contributed by atoms with Crippen LogP contribution in [0.5, 0.6) is 0 Å². The first-order chi connectivity index (χ1) is 7.50. The van der Waals surface area contributed by atoms with Gasteiger partial charge in [0, 0.05) is 12.8 Å². The van der Waals surface area contributed by atoms with E-state index < -0.39 is 23.3 Å². The van der Waals surface area contributed by atoms with Crippen LogP contribution < -0.4 is 10.6 Å². The maximum absolute atomic E-state index is 11.7. The molecule has 0 aromatic rings. The summed E-state index contributed by atoms with van der Waals surface area (Å²) in [5, 5.41) is 21.7. The second-order valence-corrected chi connectivity index (χ2v) is 3.45. The second-order valence-electron chi connectivity index (χ2n) is 3.45. The van der Waals surface area contributed by atoms with Crippen molar-refractivity contribution in [1.29, 1.82) is 0 Å². The number of rotatable bonds is 4. The average Bonchev–Trinajstić information content (AvgIpc) is 2.31. The molecule has 2 atom stereocenters. The molecule has 0 radical (unpaired) electrons. The second kappa shape index (κ2) is 4.34. The zero-order chi connectivity index (χ0) is 12.4. The van der Waals surface area contributed by atoms with Crippen LogP contribution in [0.1, 0.15) is 26.7 Å². The molecule has 92 valence electrons. The van der Waals surface area contributed by atoms with Crippen LogP contribution in [0.3, 0.4) is 0 Å². The van der Waals surface area contributed by atoms with Gasteiger partial charge in [0.2, 0.25) is 0 Å². The van der Waals surface area contributed by atoms with Crippen LogP contribution in [0, 0.1) is 0 Å². The van der Waals surface area contributed by atoms with Gasteiger partial charge < -0.3 is 10.6 Å². The summed E-state index contributed by atoms with van der Waals surface area (Å²) in [6, 6.07) is 0. The summed E-state index contributed by atoms with van der Waals surface area (Å²) in [6.07, 6.45) is 0.0403. The van der Waals surface area contributed by atoms with Crippen LogP contribution in [0.2, 0.25) is 0 Å². The molecular weight excluding hydrogens is 220 g/mol. The van der Waals surface area contributed by atoms with E-state index in [1.807, 2.05) is 0 Å². The smallest absolute Gasteiger partial charge is 0.279 e. The van der Waals surface area contributed by atoms with Crippen molar-refractivity contribution in [2.75, 3.05) is 0 Å². The molecule has 1 aliphatic heterocycles. The highest BCUT2D eigenvalue weighted by atomic mass is 17.1. The number of carbonyl (C=O) groups is 2. The molecule has 4 N–H and O–H groups in total. The van der Waals surface area contributed by atoms with Gasteiger partial charge in [-0.15, -0.1) is 0 Å². The van der Waals surface area contributed by atoms with E-state index in [-0.39, 0.29) is 12.8 Å². The van der Waals surface area contributed by atoms with Crippen molar-refractivity contribution in [2.45, 2.75) is 38.1 Å². The average molecular weight is 234 g/mol. The molecule has 1 heterocycles. The predicted molar refractivity (Wildman–Crippen MR) is 49.8 cm³/mol. The van der Waals surface area contributed by atoms with Gasteiger partial charge in [-0.25, -0.2) is 20.3 Å². The van der Waals surface area contributed by atoms with E-state index in [9.17, 15) is 9.59 Å². The quantitative estimate of drug-likeness (QED) is 0.382. The van der Waals surface area contributed by atoms with E-state index in [0.717, 1.165) is 0 Å². The topological polar surface area (TPSA) is 117 Å². The normalized spacial score (nSPS) is 34.5. The molecule has 16 heavy (non-hydrogen) atoms. The van der Waals surface area contributed by atoms with Crippen molar-refractivity contribution in [2.24, 2.45) is 0 Å². The third-order valence-electron chi connectivity index (χ3n) is 2.67. The van der Waals surface area contributed by atoms with Crippen molar-refractivity contribution in [3.63, 3.8) is 0 Å². The number of nitrogens with one attached hydrogen (secondary N) is 2. The Labute approximate surface area is 91.4 Å². The lowest BCUT2D eigenvalue weighted by Crippen LogP contribution is -2.75. The van der Waals surface area contributed by atoms with Crippen molar-refractivity contribution in [3.8, 4) is 0 Å². The highest BCUT2D eigenvalue weighted by Crippen LogP contribution is 2.23. The van der Waals surface area contributed by atoms with Gasteiger partial charge in [-0.05, 0) is 0 Å². The van der Waals surface area contributed by atoms with Crippen molar-refractivity contribution in [1.82, 2.24) is 10.6 Å². The van der Waals surface area contributed by atoms with Gasteiger partial charge in [0.15, 0.2) is 0 Å². The lowest BCUT2D eigenvalue weighted by Gasteiger charge is -2.41. The van der Waals surface area contributed by atoms with Gasteiger partial charge in [-0.3, -0.25) is 9.59 Å². The summed E-state index contributed by atoms with van der Waals surface area (Å²) in [5.41, 5.74) is -3.68. The first kappa shape index (κ1) is 12.8. The van der Waals surface area contributed by atoms with Gasteiger partial charge in [0.25, 0.3) is 23.3 Å². The third kappa shape index (κ3) is 1.65. The van der Waals surface area contributed by atoms with Crippen molar-refractivity contribution < 1.29 is 29.9 Å². The molecule has 0 spiro atoms. The van der Waals surface area contributed by atoms with E-state index in [1.54, 1.807) is 0 Å². The molecular formula is C8H14N2O6. The van der Waals surface area contributed by atoms with Crippen LogP contribution in [0.25, 0.3) is 0 Å². The van der Waals surface area contributed by atoms with Crippen LogP contribution in [0.15, 0.2) is 0 Å². The fourth-order valence-electron chi connectivity index (χ4n) is 1.44. The molecule has 1 aliphatic rings. The Bertz CT molecular complexity index is 267. The fraction of sp³-hybridized carbons (Fsp3) is 0.750. The molecule has 2 unspecified atom stereocenters. The molecule has 8 nitrogen and oxygen atoms in total. The molecule has 0 aromatic heterocycles. The first-order valence-electron chi connectivity index (χ1n) is 4.80. The zero-order valence-electron chi connectivity index (χ0n) is 8.94. The number of amides is 2. The Morgan fingerprint density at radius 1 is 1.00 bits per heavy atom. The minimum absolute atomic E-state index is 0.0201. The van der Waals surface area contributed by atoms with E-state index in [1.165, 1.54) is 13.8 Å². The fourth-order valence-corrected chi connectivity index (χ4v) is 1.44. The van der Waals surface area contributed by atoms with Gasteiger partial charge in [-0.2, -0.15) is 0 Å². The summed E-state index contributed by atoms with van der Waals surface area (Å²) < 4.78 is 0. The molecule has 0 aromatic carbocycles. The van der Waals surface area contributed by atoms with E-state index >= 15 is 0 Å². The lowest BCUT2D eigenvalue weighted by atomic mass is 10.0. The summed E-state index contributed by atoms with van der Waals surface area (Å²) in [7, 11) is 0. The van der Waals surface area contributed by atoms with Crippen LogP contribution in [0.4, 0.5) is 0 Å². The largest absolute Gasteiger partial charge is 0.314 e. The van der Waals surface area contributed by atoms with Crippen LogP contribution in [-0.4, -0.2) is 33.8 Å². The van der Waals surface area contributed by atoms with Crippen molar-refractivity contribution >= 4 is 11.8 Å². The van der Waals surface area contributed by atoms with Gasteiger partial charge >= 0.3 is 0 Å². The summed E-state index contributed by atoms with van der Waals surface area (Å²) in [6.45, 7) is 3.07. The number of hydrogen-bond acceptors (Lipinski definition) is 6. The Hall–Kier alpha value is -1.22. The van der Waals surface area contributed by atoms with Gasteiger partial charge in [0.1, 0.15) is 0 Å². The minimum Gasteiger partial charge on any atom is -0.314 e. The molecule has 1 fully saturated rings. The SMILES string of the molecule is CCC1(OO)NC(=O)C(CC)(OO)NC1=O. The van der Waals surface area contributed by atoms with E-state index in [4.69, 9.17) is 10.5 Å². The summed E-state index contributed by atoms with van der Waals surface area (Å²) in [5.74, 6) is -1.60. The zero-order valence-corrected chi connectivity index (χ0v) is 8.94. The summed E-state index contributed by atoms with van der Waals surface area (Å²) >= 11 is 0. The van der Waals surface area contributed by atoms with Crippen molar-refractivity contribution in [3.05, 3.63) is 0 Å². The molecule has 0 aliphatic carbocycles. The van der Waals surface area contributed by atoms with Crippen LogP contribution in [-0.2, 0) is 19.4 Å². The third-order valence-corrected chi connectivity index (χ3v) is 2.67. The van der Waals surface area contributed by atoms with Gasteiger partial charge in [-0.1, -0.05) is 13.8 Å². The molecule has 0 bridgehead atoms. The highest BCUT2D eigenvalue weighted by molar-refractivity contribution is 6.00. The molecule has 1 rings (SSSR count). The Morgan fingerprint density at radius 3 is 1.50 bits per heavy atom. The molecule has 8 heteroatoms. The lowest BCUT2D eigenvalue weighted by molar-refractivity contribution is -0.347.